The average molecular weight is 311 g/mol. The van der Waals surface area contributed by atoms with Crippen LogP contribution in [-0.4, -0.2) is 11.9 Å². The van der Waals surface area contributed by atoms with Crippen LogP contribution < -0.4 is 4.74 Å². The quantitative estimate of drug-likeness (QED) is 0.413. The van der Waals surface area contributed by atoms with Crippen molar-refractivity contribution < 1.29 is 4.74 Å². The lowest BCUT2D eigenvalue weighted by Crippen LogP contribution is -1.97. The summed E-state index contributed by atoms with van der Waals surface area (Å²) >= 11 is 3.45. The zero-order chi connectivity index (χ0) is 13.1. The van der Waals surface area contributed by atoms with E-state index in [0.29, 0.717) is 0 Å². The number of ether oxygens (including phenoxy) is 1. The first-order chi connectivity index (χ1) is 8.86. The Morgan fingerprint density at radius 3 is 2.50 bits per heavy atom. The molecule has 1 nitrogen and oxygen atoms in total. The van der Waals surface area contributed by atoms with Gasteiger partial charge in [-0.05, 0) is 30.5 Å². The van der Waals surface area contributed by atoms with Crippen LogP contribution in [0, 0.1) is 0 Å². The van der Waals surface area contributed by atoms with Crippen LogP contribution in [-0.2, 0) is 0 Å². The molecule has 1 aromatic carbocycles. The van der Waals surface area contributed by atoms with Gasteiger partial charge in [-0.1, -0.05) is 66.4 Å². The molecule has 0 unspecified atom stereocenters. The summed E-state index contributed by atoms with van der Waals surface area (Å²) < 4.78 is 5.72. The van der Waals surface area contributed by atoms with E-state index in [0.717, 1.165) is 29.7 Å². The Labute approximate surface area is 119 Å². The summed E-state index contributed by atoms with van der Waals surface area (Å²) in [6.45, 7) is 4.58. The van der Waals surface area contributed by atoms with Crippen molar-refractivity contribution in [1.29, 1.82) is 0 Å². The highest BCUT2D eigenvalue weighted by Crippen LogP contribution is 2.15. The fraction of sp³-hybridized carbons (Fsp3) is 0.500. The molecule has 0 spiro atoms. The summed E-state index contributed by atoms with van der Waals surface area (Å²) in [6.07, 6.45) is 9.56. The molecule has 0 amide bonds. The van der Waals surface area contributed by atoms with Crippen LogP contribution >= 0.6 is 15.9 Å². The monoisotopic (exact) mass is 310 g/mol. The minimum Gasteiger partial charge on any atom is -0.494 e. The second-order valence-electron chi connectivity index (χ2n) is 4.44. The summed E-state index contributed by atoms with van der Waals surface area (Å²) in [5.74, 6) is 0.951. The van der Waals surface area contributed by atoms with Gasteiger partial charge in [0.2, 0.25) is 0 Å². The first kappa shape index (κ1) is 15.3. The average Bonchev–Trinajstić information content (AvgIpc) is 2.42. The molecule has 0 heterocycles. The lowest BCUT2D eigenvalue weighted by molar-refractivity contribution is 0.304. The molecule has 0 N–H and O–H groups in total. The van der Waals surface area contributed by atoms with Gasteiger partial charge in [0.1, 0.15) is 5.75 Å². The summed E-state index contributed by atoms with van der Waals surface area (Å²) in [7, 11) is 0. The molecule has 18 heavy (non-hydrogen) atoms. The van der Waals surface area contributed by atoms with E-state index in [2.05, 4.69) is 22.5 Å². The van der Waals surface area contributed by atoms with Gasteiger partial charge in [-0.2, -0.15) is 0 Å². The molecule has 0 aromatic heterocycles. The van der Waals surface area contributed by atoms with E-state index < -0.39 is 0 Å². The molecule has 2 heteroatoms. The van der Waals surface area contributed by atoms with E-state index >= 15 is 0 Å². The summed E-state index contributed by atoms with van der Waals surface area (Å²) in [5.41, 5.74) is 1.11. The Balaban J connectivity index is 2.05. The number of alkyl halides is 1. The summed E-state index contributed by atoms with van der Waals surface area (Å²) in [6, 6.07) is 8.07. The number of halogens is 1. The van der Waals surface area contributed by atoms with Crippen LogP contribution in [0.4, 0.5) is 0 Å². The molecule has 0 bridgehead atoms. The van der Waals surface area contributed by atoms with Crippen LogP contribution in [0.1, 0.15) is 44.1 Å². The SMILES string of the molecule is C=Cc1cccc(OCCCCCCCCBr)c1. The highest BCUT2D eigenvalue weighted by atomic mass is 79.9. The van der Waals surface area contributed by atoms with Crippen molar-refractivity contribution in [2.75, 3.05) is 11.9 Å². The number of unbranched alkanes of at least 4 members (excludes halogenated alkanes) is 5. The lowest BCUT2D eigenvalue weighted by atomic mass is 10.1. The molecule has 0 saturated heterocycles. The third-order valence-corrected chi connectivity index (χ3v) is 3.45. The summed E-state index contributed by atoms with van der Waals surface area (Å²) in [4.78, 5) is 0. The van der Waals surface area contributed by atoms with E-state index in [1.807, 2.05) is 30.3 Å². The predicted molar refractivity (Wildman–Crippen MR) is 83.5 cm³/mol. The van der Waals surface area contributed by atoms with Gasteiger partial charge < -0.3 is 4.74 Å². The molecule has 0 aliphatic carbocycles. The molecular weight excluding hydrogens is 288 g/mol. The zero-order valence-corrected chi connectivity index (χ0v) is 12.6. The van der Waals surface area contributed by atoms with E-state index in [1.165, 1.54) is 32.1 Å². The predicted octanol–water partition coefficient (Wildman–Crippen LogP) is 5.44. The normalized spacial score (nSPS) is 10.3. The molecule has 0 aliphatic rings. The standard InChI is InChI=1S/C16H23BrO/c1-2-15-10-9-11-16(14-15)18-13-8-6-4-3-5-7-12-17/h2,9-11,14H,1,3-8,12-13H2. The Kier molecular flexibility index (Phi) is 8.66. The Morgan fingerprint density at radius 1 is 1.06 bits per heavy atom. The van der Waals surface area contributed by atoms with E-state index in [4.69, 9.17) is 4.74 Å². The second kappa shape index (κ2) is 10.2. The minimum absolute atomic E-state index is 0.818. The maximum Gasteiger partial charge on any atom is 0.119 e. The molecule has 0 atom stereocenters. The van der Waals surface area contributed by atoms with Crippen LogP contribution in [0.15, 0.2) is 30.8 Å². The van der Waals surface area contributed by atoms with Crippen molar-refractivity contribution >= 4 is 22.0 Å². The van der Waals surface area contributed by atoms with Gasteiger partial charge in [-0.25, -0.2) is 0 Å². The van der Waals surface area contributed by atoms with E-state index in [-0.39, 0.29) is 0 Å². The Bertz CT molecular complexity index is 336. The maximum absolute atomic E-state index is 5.72. The molecule has 1 aromatic rings. The van der Waals surface area contributed by atoms with Crippen molar-refractivity contribution in [3.05, 3.63) is 36.4 Å². The van der Waals surface area contributed by atoms with Crippen molar-refractivity contribution in [3.63, 3.8) is 0 Å². The minimum atomic E-state index is 0.818. The van der Waals surface area contributed by atoms with Gasteiger partial charge in [0.15, 0.2) is 0 Å². The number of rotatable bonds is 10. The van der Waals surface area contributed by atoms with E-state index in [9.17, 15) is 0 Å². The first-order valence-electron chi connectivity index (χ1n) is 6.78. The molecule has 0 radical (unpaired) electrons. The lowest BCUT2D eigenvalue weighted by Gasteiger charge is -2.06. The Hall–Kier alpha value is -0.760. The fourth-order valence-corrected chi connectivity index (χ4v) is 2.22. The van der Waals surface area contributed by atoms with Crippen molar-refractivity contribution in [2.24, 2.45) is 0 Å². The second-order valence-corrected chi connectivity index (χ2v) is 5.23. The summed E-state index contributed by atoms with van der Waals surface area (Å²) in [5, 5.41) is 1.13. The van der Waals surface area contributed by atoms with Gasteiger partial charge in [0.05, 0.1) is 6.61 Å². The van der Waals surface area contributed by atoms with Gasteiger partial charge >= 0.3 is 0 Å². The van der Waals surface area contributed by atoms with E-state index in [1.54, 1.807) is 0 Å². The van der Waals surface area contributed by atoms with Crippen molar-refractivity contribution in [2.45, 2.75) is 38.5 Å². The largest absolute Gasteiger partial charge is 0.494 e. The zero-order valence-electron chi connectivity index (χ0n) is 11.0. The number of hydrogen-bond acceptors (Lipinski definition) is 1. The maximum atomic E-state index is 5.72. The van der Waals surface area contributed by atoms with Crippen LogP contribution in [0.5, 0.6) is 5.75 Å². The molecule has 0 aliphatic heterocycles. The van der Waals surface area contributed by atoms with Gasteiger partial charge in [0, 0.05) is 5.33 Å². The van der Waals surface area contributed by atoms with Crippen molar-refractivity contribution in [1.82, 2.24) is 0 Å². The smallest absolute Gasteiger partial charge is 0.119 e. The van der Waals surface area contributed by atoms with Crippen LogP contribution in [0.25, 0.3) is 6.08 Å². The highest BCUT2D eigenvalue weighted by molar-refractivity contribution is 9.09. The molecule has 0 saturated carbocycles. The molecule has 0 fully saturated rings. The highest BCUT2D eigenvalue weighted by Gasteiger charge is 1.95. The van der Waals surface area contributed by atoms with Crippen molar-refractivity contribution in [3.8, 4) is 5.75 Å². The molecular formula is C16H23BrO. The van der Waals surface area contributed by atoms with Gasteiger partial charge in [-0.15, -0.1) is 0 Å². The van der Waals surface area contributed by atoms with Crippen LogP contribution in [0.2, 0.25) is 0 Å². The third-order valence-electron chi connectivity index (χ3n) is 2.89. The van der Waals surface area contributed by atoms with Gasteiger partial charge in [-0.3, -0.25) is 0 Å². The Morgan fingerprint density at radius 2 is 1.78 bits per heavy atom. The third kappa shape index (κ3) is 6.85. The van der Waals surface area contributed by atoms with Gasteiger partial charge in [0.25, 0.3) is 0 Å². The molecule has 100 valence electrons. The number of benzene rings is 1. The molecule has 1 rings (SSSR count). The first-order valence-corrected chi connectivity index (χ1v) is 7.90. The fourth-order valence-electron chi connectivity index (χ4n) is 1.82. The topological polar surface area (TPSA) is 9.23 Å². The number of hydrogen-bond donors (Lipinski definition) is 0. The van der Waals surface area contributed by atoms with Crippen LogP contribution in [0.3, 0.4) is 0 Å².